The predicted molar refractivity (Wildman–Crippen MR) is 233 cm³/mol. The Kier molecular flexibility index (Phi) is 42.9. The molecule has 0 radical (unpaired) electrons. The topological polar surface area (TPSA) is 78.9 Å². The van der Waals surface area contributed by atoms with Crippen molar-refractivity contribution in [3.8, 4) is 0 Å². The number of rotatable bonds is 43. The van der Waals surface area contributed by atoms with Crippen molar-refractivity contribution in [2.45, 2.75) is 258 Å². The van der Waals surface area contributed by atoms with Crippen molar-refractivity contribution in [1.82, 2.24) is 0 Å². The van der Waals surface area contributed by atoms with Gasteiger partial charge in [0.25, 0.3) is 0 Å². The highest BCUT2D eigenvalue weighted by Crippen LogP contribution is 2.15. The largest absolute Gasteiger partial charge is 0.462 e. The second-order valence-corrected chi connectivity index (χ2v) is 16.0. The van der Waals surface area contributed by atoms with Gasteiger partial charge in [-0.1, -0.05) is 193 Å². The number of allylic oxidation sites excluding steroid dienone is 4. The quantitative estimate of drug-likeness (QED) is 0.0266. The van der Waals surface area contributed by atoms with Gasteiger partial charge in [-0.25, -0.2) is 0 Å². The van der Waals surface area contributed by atoms with E-state index in [0.717, 1.165) is 77.0 Å². The number of unbranched alkanes of at least 4 members (excludes halogenated alkanes) is 28. The van der Waals surface area contributed by atoms with Gasteiger partial charge in [-0.2, -0.15) is 0 Å². The maximum Gasteiger partial charge on any atom is 0.306 e. The van der Waals surface area contributed by atoms with Crippen LogP contribution in [-0.4, -0.2) is 37.2 Å². The van der Waals surface area contributed by atoms with E-state index in [1.54, 1.807) is 0 Å². The highest BCUT2D eigenvalue weighted by atomic mass is 16.6. The average Bonchev–Trinajstić information content (AvgIpc) is 3.18. The van der Waals surface area contributed by atoms with Crippen LogP contribution in [0.5, 0.6) is 0 Å². The zero-order valence-electron chi connectivity index (χ0n) is 36.7. The van der Waals surface area contributed by atoms with E-state index in [1.807, 2.05) is 0 Å². The van der Waals surface area contributed by atoms with Gasteiger partial charge in [-0.3, -0.25) is 14.4 Å². The van der Waals surface area contributed by atoms with Crippen molar-refractivity contribution in [2.24, 2.45) is 0 Å². The molecular formula is C49H90O6. The van der Waals surface area contributed by atoms with Gasteiger partial charge in [0.05, 0.1) is 0 Å². The summed E-state index contributed by atoms with van der Waals surface area (Å²) in [5, 5.41) is 0. The molecule has 0 heterocycles. The monoisotopic (exact) mass is 775 g/mol. The Morgan fingerprint density at radius 1 is 0.345 bits per heavy atom. The summed E-state index contributed by atoms with van der Waals surface area (Å²) in [6.45, 7) is 6.57. The van der Waals surface area contributed by atoms with Gasteiger partial charge in [0.1, 0.15) is 13.2 Å². The third-order valence-electron chi connectivity index (χ3n) is 10.4. The minimum atomic E-state index is -0.770. The summed E-state index contributed by atoms with van der Waals surface area (Å²) >= 11 is 0. The van der Waals surface area contributed by atoms with Gasteiger partial charge in [-0.15, -0.1) is 0 Å². The molecule has 0 saturated carbocycles. The normalized spacial score (nSPS) is 12.1. The first kappa shape index (κ1) is 52.9. The molecule has 322 valence electrons. The number of hydrogen-bond acceptors (Lipinski definition) is 6. The van der Waals surface area contributed by atoms with Crippen molar-refractivity contribution in [1.29, 1.82) is 0 Å². The van der Waals surface area contributed by atoms with E-state index in [2.05, 4.69) is 45.1 Å². The summed E-state index contributed by atoms with van der Waals surface area (Å²) < 4.78 is 16.7. The molecule has 0 aromatic carbocycles. The van der Waals surface area contributed by atoms with Gasteiger partial charge in [0.15, 0.2) is 6.10 Å². The maximum absolute atomic E-state index is 12.7. The van der Waals surface area contributed by atoms with Crippen LogP contribution in [-0.2, 0) is 28.6 Å². The molecule has 0 aromatic rings. The molecule has 0 saturated heterocycles. The highest BCUT2D eigenvalue weighted by molar-refractivity contribution is 5.71. The van der Waals surface area contributed by atoms with Gasteiger partial charge >= 0.3 is 17.9 Å². The Bertz CT molecular complexity index is 896. The summed E-state index contributed by atoms with van der Waals surface area (Å²) in [4.78, 5) is 37.7. The third kappa shape index (κ3) is 42.9. The predicted octanol–water partition coefficient (Wildman–Crippen LogP) is 15.2. The molecule has 0 aliphatic carbocycles. The number of carbonyl (C=O) groups is 3. The molecule has 1 atom stereocenters. The summed E-state index contributed by atoms with van der Waals surface area (Å²) in [6.07, 6.45) is 48.7. The number of esters is 3. The molecule has 0 aliphatic rings. The Balaban J connectivity index is 4.34. The van der Waals surface area contributed by atoms with E-state index in [9.17, 15) is 14.4 Å². The first-order valence-electron chi connectivity index (χ1n) is 23.8. The zero-order chi connectivity index (χ0) is 40.1. The molecule has 1 unspecified atom stereocenters. The third-order valence-corrected chi connectivity index (χ3v) is 10.4. The Morgan fingerprint density at radius 2 is 0.618 bits per heavy atom. The lowest BCUT2D eigenvalue weighted by molar-refractivity contribution is -0.167. The van der Waals surface area contributed by atoms with Crippen LogP contribution in [0.15, 0.2) is 24.3 Å². The lowest BCUT2D eigenvalue weighted by Crippen LogP contribution is -2.30. The van der Waals surface area contributed by atoms with Crippen LogP contribution < -0.4 is 0 Å². The standard InChI is InChI=1S/C49H90O6/c1-4-7-10-13-16-19-22-24-25-26-28-30-33-36-39-42-48(51)54-45-46(44-53-47(50)41-38-35-32-29-21-18-15-12-9-6-3)55-49(52)43-40-37-34-31-27-23-20-17-14-11-8-5-2/h15,18-19,22,46H,4-14,16-17,20-21,23-45H2,1-3H3/b18-15-,22-19-. The van der Waals surface area contributed by atoms with Crippen LogP contribution >= 0.6 is 0 Å². The van der Waals surface area contributed by atoms with Gasteiger partial charge in [0.2, 0.25) is 0 Å². The molecule has 0 aromatic heterocycles. The lowest BCUT2D eigenvalue weighted by Gasteiger charge is -2.18. The highest BCUT2D eigenvalue weighted by Gasteiger charge is 2.19. The first-order chi connectivity index (χ1) is 27.0. The lowest BCUT2D eigenvalue weighted by atomic mass is 10.0. The summed E-state index contributed by atoms with van der Waals surface area (Å²) in [6, 6.07) is 0. The van der Waals surface area contributed by atoms with Crippen molar-refractivity contribution < 1.29 is 28.6 Å². The minimum Gasteiger partial charge on any atom is -0.462 e. The van der Waals surface area contributed by atoms with Crippen LogP contribution in [0.25, 0.3) is 0 Å². The Hall–Kier alpha value is -2.11. The SMILES string of the molecule is CCCC/C=C\CCCCCCC(=O)OCC(COC(=O)CCCCCCCCC/C=C\CCCCCC)OC(=O)CCCCCCCCCCCCCC. The molecule has 0 spiro atoms. The van der Waals surface area contributed by atoms with E-state index in [0.29, 0.717) is 19.3 Å². The molecule has 0 rings (SSSR count). The minimum absolute atomic E-state index is 0.0741. The van der Waals surface area contributed by atoms with Crippen LogP contribution in [0.4, 0.5) is 0 Å². The molecule has 0 N–H and O–H groups in total. The maximum atomic E-state index is 12.7. The zero-order valence-corrected chi connectivity index (χ0v) is 36.7. The fourth-order valence-corrected chi connectivity index (χ4v) is 6.77. The van der Waals surface area contributed by atoms with Crippen LogP contribution in [0, 0.1) is 0 Å². The van der Waals surface area contributed by atoms with E-state index in [-0.39, 0.29) is 31.1 Å². The number of carbonyl (C=O) groups excluding carboxylic acids is 3. The second-order valence-electron chi connectivity index (χ2n) is 16.0. The van der Waals surface area contributed by atoms with E-state index >= 15 is 0 Å². The van der Waals surface area contributed by atoms with Crippen LogP contribution in [0.1, 0.15) is 252 Å². The first-order valence-corrected chi connectivity index (χ1v) is 23.8. The van der Waals surface area contributed by atoms with Crippen LogP contribution in [0.2, 0.25) is 0 Å². The van der Waals surface area contributed by atoms with Crippen molar-refractivity contribution in [3.63, 3.8) is 0 Å². The fraction of sp³-hybridized carbons (Fsp3) is 0.857. The summed E-state index contributed by atoms with van der Waals surface area (Å²) in [7, 11) is 0. The fourth-order valence-electron chi connectivity index (χ4n) is 6.77. The van der Waals surface area contributed by atoms with E-state index in [1.165, 1.54) is 135 Å². The van der Waals surface area contributed by atoms with Gasteiger partial charge in [0, 0.05) is 19.3 Å². The molecule has 0 fully saturated rings. The van der Waals surface area contributed by atoms with Crippen molar-refractivity contribution in [2.75, 3.05) is 13.2 Å². The smallest absolute Gasteiger partial charge is 0.306 e. The summed E-state index contributed by atoms with van der Waals surface area (Å²) in [5.41, 5.74) is 0. The molecule has 55 heavy (non-hydrogen) atoms. The molecule has 0 aliphatic heterocycles. The van der Waals surface area contributed by atoms with Crippen LogP contribution in [0.3, 0.4) is 0 Å². The average molecular weight is 775 g/mol. The number of hydrogen-bond donors (Lipinski definition) is 0. The second kappa shape index (κ2) is 44.6. The van der Waals surface area contributed by atoms with E-state index < -0.39 is 6.10 Å². The molecule has 6 heteroatoms. The Labute approximate surface area is 341 Å². The van der Waals surface area contributed by atoms with Crippen molar-refractivity contribution in [3.05, 3.63) is 24.3 Å². The molecule has 6 nitrogen and oxygen atoms in total. The summed E-state index contributed by atoms with van der Waals surface area (Å²) in [5.74, 6) is -0.886. The van der Waals surface area contributed by atoms with E-state index in [4.69, 9.17) is 14.2 Å². The molecule has 0 amide bonds. The van der Waals surface area contributed by atoms with Crippen molar-refractivity contribution >= 4 is 17.9 Å². The molecule has 0 bridgehead atoms. The van der Waals surface area contributed by atoms with Gasteiger partial charge < -0.3 is 14.2 Å². The Morgan fingerprint density at radius 3 is 0.982 bits per heavy atom. The van der Waals surface area contributed by atoms with Gasteiger partial charge in [-0.05, 0) is 64.2 Å². The molecular weight excluding hydrogens is 685 g/mol. The number of ether oxygens (including phenoxy) is 3.